The van der Waals surface area contributed by atoms with E-state index in [2.05, 4.69) is 0 Å². The SMILES string of the molecule is COc1ccc(/C=C\c2cc(OC)c(OC)c(OC)c2)cc1Oc1ccc(C(C)(C)C(=O)NO)cc1. The highest BCUT2D eigenvalue weighted by molar-refractivity contribution is 5.86. The molecular weight excluding hydrogens is 462 g/mol. The molecule has 3 aromatic carbocycles. The van der Waals surface area contributed by atoms with Gasteiger partial charge in [-0.1, -0.05) is 30.4 Å². The Kier molecular flexibility index (Phi) is 8.45. The zero-order valence-electron chi connectivity index (χ0n) is 21.2. The summed E-state index contributed by atoms with van der Waals surface area (Å²) < 4.78 is 27.8. The number of benzene rings is 3. The Bertz CT molecular complexity index is 1210. The van der Waals surface area contributed by atoms with Crippen molar-refractivity contribution in [2.45, 2.75) is 19.3 Å². The normalized spacial score (nSPS) is 11.2. The number of amides is 1. The molecule has 0 saturated heterocycles. The van der Waals surface area contributed by atoms with E-state index in [-0.39, 0.29) is 0 Å². The molecule has 0 bridgehead atoms. The van der Waals surface area contributed by atoms with Gasteiger partial charge in [0.25, 0.3) is 5.91 Å². The number of nitrogens with one attached hydrogen (secondary N) is 1. The molecule has 2 N–H and O–H groups in total. The van der Waals surface area contributed by atoms with Crippen LogP contribution in [0.4, 0.5) is 0 Å². The van der Waals surface area contributed by atoms with Crippen LogP contribution >= 0.6 is 0 Å². The van der Waals surface area contributed by atoms with Crippen LogP contribution in [0.3, 0.4) is 0 Å². The van der Waals surface area contributed by atoms with E-state index in [1.54, 1.807) is 72.0 Å². The summed E-state index contributed by atoms with van der Waals surface area (Å²) in [7, 11) is 6.29. The van der Waals surface area contributed by atoms with Crippen molar-refractivity contribution in [3.05, 3.63) is 71.3 Å². The Hall–Kier alpha value is -4.17. The molecule has 0 unspecified atom stereocenters. The van der Waals surface area contributed by atoms with E-state index < -0.39 is 11.3 Å². The smallest absolute Gasteiger partial charge is 0.253 e. The van der Waals surface area contributed by atoms with Gasteiger partial charge in [0.05, 0.1) is 33.9 Å². The fourth-order valence-electron chi connectivity index (χ4n) is 3.60. The van der Waals surface area contributed by atoms with Crippen LogP contribution in [0, 0.1) is 0 Å². The molecule has 1 amide bonds. The average molecular weight is 494 g/mol. The van der Waals surface area contributed by atoms with Crippen LogP contribution in [0.25, 0.3) is 12.2 Å². The van der Waals surface area contributed by atoms with Gasteiger partial charge in [0.1, 0.15) is 5.75 Å². The number of carbonyl (C=O) groups excluding carboxylic acids is 1. The molecule has 0 aliphatic rings. The molecule has 0 fully saturated rings. The van der Waals surface area contributed by atoms with Crippen molar-refractivity contribution in [3.63, 3.8) is 0 Å². The maximum absolute atomic E-state index is 12.0. The minimum Gasteiger partial charge on any atom is -0.493 e. The van der Waals surface area contributed by atoms with Crippen LogP contribution in [0.15, 0.2) is 54.6 Å². The molecule has 36 heavy (non-hydrogen) atoms. The van der Waals surface area contributed by atoms with E-state index in [4.69, 9.17) is 28.9 Å². The molecule has 190 valence electrons. The van der Waals surface area contributed by atoms with E-state index in [0.29, 0.717) is 34.5 Å². The van der Waals surface area contributed by atoms with E-state index >= 15 is 0 Å². The highest BCUT2D eigenvalue weighted by Crippen LogP contribution is 2.39. The molecule has 0 aliphatic carbocycles. The van der Waals surface area contributed by atoms with E-state index in [0.717, 1.165) is 16.7 Å². The number of methoxy groups -OCH3 is 4. The monoisotopic (exact) mass is 493 g/mol. The third-order valence-corrected chi connectivity index (χ3v) is 5.82. The Balaban J connectivity index is 1.86. The minimum atomic E-state index is -0.900. The standard InChI is InChI=1S/C28H31NO7/c1-28(2,27(30)29-31)20-10-12-21(13-11-20)36-23-15-18(9-14-22(23)32-3)7-8-19-16-24(33-4)26(35-6)25(17-19)34-5/h7-17,31H,1-6H3,(H,29,30)/b8-7-. The van der Waals surface area contributed by atoms with Crippen molar-refractivity contribution < 1.29 is 33.7 Å². The molecular formula is C28H31NO7. The van der Waals surface area contributed by atoms with Crippen molar-refractivity contribution in [1.82, 2.24) is 5.48 Å². The summed E-state index contributed by atoms with van der Waals surface area (Å²) in [6.07, 6.45) is 3.87. The summed E-state index contributed by atoms with van der Waals surface area (Å²) in [6, 6.07) is 16.4. The number of carbonyl (C=O) groups is 1. The van der Waals surface area contributed by atoms with Crippen molar-refractivity contribution in [1.29, 1.82) is 0 Å². The predicted octanol–water partition coefficient (Wildman–Crippen LogP) is 5.47. The van der Waals surface area contributed by atoms with Crippen LogP contribution in [0.2, 0.25) is 0 Å². The average Bonchev–Trinajstić information content (AvgIpc) is 2.91. The van der Waals surface area contributed by atoms with Gasteiger partial charge < -0.3 is 23.7 Å². The van der Waals surface area contributed by atoms with E-state index in [1.165, 1.54) is 0 Å². The lowest BCUT2D eigenvalue weighted by Gasteiger charge is -2.22. The van der Waals surface area contributed by atoms with Crippen molar-refractivity contribution in [2.24, 2.45) is 0 Å². The maximum atomic E-state index is 12.0. The number of hydrogen-bond donors (Lipinski definition) is 2. The quantitative estimate of drug-likeness (QED) is 0.220. The molecule has 0 saturated carbocycles. The summed E-state index contributed by atoms with van der Waals surface area (Å²) in [5.41, 5.74) is 3.29. The lowest BCUT2D eigenvalue weighted by Crippen LogP contribution is -2.38. The summed E-state index contributed by atoms with van der Waals surface area (Å²) in [6.45, 7) is 3.45. The van der Waals surface area contributed by atoms with Gasteiger partial charge in [-0.2, -0.15) is 0 Å². The number of rotatable bonds is 10. The van der Waals surface area contributed by atoms with Crippen LogP contribution in [0.1, 0.15) is 30.5 Å². The third-order valence-electron chi connectivity index (χ3n) is 5.82. The molecule has 8 nitrogen and oxygen atoms in total. The van der Waals surface area contributed by atoms with Crippen molar-refractivity contribution in [2.75, 3.05) is 28.4 Å². The summed E-state index contributed by atoms with van der Waals surface area (Å²) in [4.78, 5) is 12.0. The van der Waals surface area contributed by atoms with Crippen LogP contribution < -0.4 is 29.2 Å². The van der Waals surface area contributed by atoms with Gasteiger partial charge in [-0.25, -0.2) is 5.48 Å². The largest absolute Gasteiger partial charge is 0.493 e. The molecule has 3 rings (SSSR count). The van der Waals surface area contributed by atoms with E-state index in [9.17, 15) is 4.79 Å². The Labute approximate surface area is 211 Å². The summed E-state index contributed by atoms with van der Waals surface area (Å²) in [5.74, 6) is 2.85. The van der Waals surface area contributed by atoms with Gasteiger partial charge in [-0.3, -0.25) is 10.0 Å². The number of hydroxylamine groups is 1. The highest BCUT2D eigenvalue weighted by atomic mass is 16.5. The first-order valence-electron chi connectivity index (χ1n) is 11.2. The first-order chi connectivity index (χ1) is 17.3. The first kappa shape index (κ1) is 26.4. The Morgan fingerprint density at radius 1 is 0.750 bits per heavy atom. The molecule has 0 radical (unpaired) electrons. The fourth-order valence-corrected chi connectivity index (χ4v) is 3.60. The molecule has 8 heteroatoms. The van der Waals surface area contributed by atoms with Gasteiger partial charge >= 0.3 is 0 Å². The Morgan fingerprint density at radius 2 is 1.31 bits per heavy atom. The first-order valence-corrected chi connectivity index (χ1v) is 11.2. The molecule has 0 spiro atoms. The lowest BCUT2D eigenvalue weighted by molar-refractivity contribution is -0.134. The second-order valence-corrected chi connectivity index (χ2v) is 8.39. The topological polar surface area (TPSA) is 95.5 Å². The van der Waals surface area contributed by atoms with E-state index in [1.807, 2.05) is 42.5 Å². The summed E-state index contributed by atoms with van der Waals surface area (Å²) in [5, 5.41) is 9.00. The highest BCUT2D eigenvalue weighted by Gasteiger charge is 2.29. The van der Waals surface area contributed by atoms with Gasteiger partial charge in [0.15, 0.2) is 23.0 Å². The zero-order chi connectivity index (χ0) is 26.3. The second-order valence-electron chi connectivity index (χ2n) is 8.39. The van der Waals surface area contributed by atoms with Crippen LogP contribution in [-0.2, 0) is 10.2 Å². The number of hydrogen-bond acceptors (Lipinski definition) is 7. The molecule has 0 atom stereocenters. The second kappa shape index (κ2) is 11.5. The fraction of sp³-hybridized carbons (Fsp3) is 0.250. The van der Waals surface area contributed by atoms with Crippen molar-refractivity contribution in [3.8, 4) is 34.5 Å². The predicted molar refractivity (Wildman–Crippen MR) is 137 cm³/mol. The molecule has 0 heterocycles. The minimum absolute atomic E-state index is 0.496. The van der Waals surface area contributed by atoms with Crippen molar-refractivity contribution >= 4 is 18.1 Å². The Morgan fingerprint density at radius 3 is 1.83 bits per heavy atom. The van der Waals surface area contributed by atoms with Gasteiger partial charge in [-0.15, -0.1) is 0 Å². The molecule has 3 aromatic rings. The van der Waals surface area contributed by atoms with Crippen LogP contribution in [0.5, 0.6) is 34.5 Å². The lowest BCUT2D eigenvalue weighted by atomic mass is 9.84. The third kappa shape index (κ3) is 5.72. The van der Waals surface area contributed by atoms with Gasteiger partial charge in [-0.05, 0) is 66.9 Å². The number of ether oxygens (including phenoxy) is 5. The van der Waals surface area contributed by atoms with Gasteiger partial charge in [0, 0.05) is 0 Å². The maximum Gasteiger partial charge on any atom is 0.253 e. The summed E-state index contributed by atoms with van der Waals surface area (Å²) >= 11 is 0. The van der Waals surface area contributed by atoms with Gasteiger partial charge in [0.2, 0.25) is 5.75 Å². The zero-order valence-corrected chi connectivity index (χ0v) is 21.2. The molecule has 0 aromatic heterocycles. The van der Waals surface area contributed by atoms with Crippen LogP contribution in [-0.4, -0.2) is 39.6 Å². The molecule has 0 aliphatic heterocycles.